The van der Waals surface area contributed by atoms with Crippen molar-refractivity contribution in [2.24, 2.45) is 0 Å². The van der Waals surface area contributed by atoms with Crippen molar-refractivity contribution in [1.29, 1.82) is 0 Å². The van der Waals surface area contributed by atoms with Crippen LogP contribution in [0.2, 0.25) is 5.02 Å². The maximum atomic E-state index is 12.2. The molecule has 1 amide bonds. The Morgan fingerprint density at radius 3 is 2.50 bits per heavy atom. The minimum absolute atomic E-state index is 0.135. The number of rotatable bonds is 8. The molecule has 0 atom stereocenters. The van der Waals surface area contributed by atoms with Gasteiger partial charge in [0, 0.05) is 11.5 Å². The number of halogens is 2. The van der Waals surface area contributed by atoms with E-state index >= 15 is 0 Å². The SMILES string of the molecule is CCOc1cc(/C=C2/SC(=S)N(C)C2=O)cc(Cl)c1OCCOc1ccc(Br)cc1. The van der Waals surface area contributed by atoms with E-state index in [4.69, 9.17) is 38.0 Å². The lowest BCUT2D eigenvalue weighted by Gasteiger charge is -2.15. The van der Waals surface area contributed by atoms with Crippen LogP contribution in [-0.2, 0) is 4.79 Å². The summed E-state index contributed by atoms with van der Waals surface area (Å²) in [5.74, 6) is 1.57. The fraction of sp³-hybridized carbons (Fsp3) is 0.238. The molecule has 1 saturated heterocycles. The van der Waals surface area contributed by atoms with E-state index in [-0.39, 0.29) is 5.91 Å². The summed E-state index contributed by atoms with van der Waals surface area (Å²) in [7, 11) is 1.66. The fourth-order valence-electron chi connectivity index (χ4n) is 2.61. The third kappa shape index (κ3) is 5.69. The Kier molecular flexibility index (Phi) is 8.05. The topological polar surface area (TPSA) is 48.0 Å². The first-order chi connectivity index (χ1) is 14.4. The zero-order valence-electron chi connectivity index (χ0n) is 16.3. The fourth-order valence-corrected chi connectivity index (χ4v) is 4.32. The number of hydrogen-bond acceptors (Lipinski definition) is 6. The maximum absolute atomic E-state index is 12.2. The number of thioether (sulfide) groups is 1. The molecule has 2 aromatic rings. The quantitative estimate of drug-likeness (QED) is 0.246. The molecule has 30 heavy (non-hydrogen) atoms. The summed E-state index contributed by atoms with van der Waals surface area (Å²) in [6.07, 6.45) is 1.75. The summed E-state index contributed by atoms with van der Waals surface area (Å²) < 4.78 is 18.7. The van der Waals surface area contributed by atoms with Crippen molar-refractivity contribution in [3.8, 4) is 17.2 Å². The second-order valence-corrected chi connectivity index (χ2v) is 9.15. The Balaban J connectivity index is 1.71. The third-order valence-electron chi connectivity index (χ3n) is 4.03. The van der Waals surface area contributed by atoms with Crippen LogP contribution in [0, 0.1) is 0 Å². The number of benzene rings is 2. The van der Waals surface area contributed by atoms with E-state index in [0.29, 0.717) is 45.6 Å². The standard InChI is InChI=1S/C21H19BrClNO4S2/c1-3-26-17-11-13(12-18-20(25)24(2)21(29)30-18)10-16(23)19(17)28-9-8-27-15-6-4-14(22)5-7-15/h4-7,10-12H,3,8-9H2,1-2H3/b18-12+. The highest BCUT2D eigenvalue weighted by Crippen LogP contribution is 2.39. The van der Waals surface area contributed by atoms with E-state index in [1.165, 1.54) is 16.7 Å². The van der Waals surface area contributed by atoms with Gasteiger partial charge in [-0.25, -0.2) is 0 Å². The van der Waals surface area contributed by atoms with Gasteiger partial charge in [0.15, 0.2) is 11.5 Å². The first-order valence-electron chi connectivity index (χ1n) is 9.08. The lowest BCUT2D eigenvalue weighted by atomic mass is 10.1. The Bertz CT molecular complexity index is 982. The van der Waals surface area contributed by atoms with Crippen LogP contribution in [0.3, 0.4) is 0 Å². The van der Waals surface area contributed by atoms with E-state index in [0.717, 1.165) is 15.8 Å². The molecule has 0 unspecified atom stereocenters. The molecule has 0 aliphatic carbocycles. The van der Waals surface area contributed by atoms with Gasteiger partial charge < -0.3 is 14.2 Å². The van der Waals surface area contributed by atoms with Gasteiger partial charge in [-0.05, 0) is 55.0 Å². The highest BCUT2D eigenvalue weighted by molar-refractivity contribution is 9.10. The maximum Gasteiger partial charge on any atom is 0.265 e. The molecule has 0 aromatic heterocycles. The van der Waals surface area contributed by atoms with Crippen molar-refractivity contribution in [2.45, 2.75) is 6.92 Å². The first kappa shape index (κ1) is 22.9. The minimum Gasteiger partial charge on any atom is -0.490 e. The molecule has 158 valence electrons. The molecule has 0 N–H and O–H groups in total. The molecule has 0 spiro atoms. The van der Waals surface area contributed by atoms with Crippen LogP contribution in [0.4, 0.5) is 0 Å². The molecule has 1 heterocycles. The smallest absolute Gasteiger partial charge is 0.265 e. The summed E-state index contributed by atoms with van der Waals surface area (Å²) in [5.41, 5.74) is 0.732. The number of amides is 1. The number of ether oxygens (including phenoxy) is 3. The van der Waals surface area contributed by atoms with Crippen molar-refractivity contribution in [1.82, 2.24) is 4.90 Å². The predicted octanol–water partition coefficient (Wildman–Crippen LogP) is 5.79. The predicted molar refractivity (Wildman–Crippen MR) is 129 cm³/mol. The number of likely N-dealkylation sites (N-methyl/N-ethyl adjacent to an activating group) is 1. The molecule has 1 aliphatic heterocycles. The normalized spacial score (nSPS) is 15.1. The number of carbonyl (C=O) groups is 1. The van der Waals surface area contributed by atoms with E-state index in [1.54, 1.807) is 25.3 Å². The summed E-state index contributed by atoms with van der Waals surface area (Å²) in [5, 5.41) is 0.391. The van der Waals surface area contributed by atoms with Gasteiger partial charge in [0.1, 0.15) is 23.3 Å². The Labute approximate surface area is 198 Å². The molecule has 9 heteroatoms. The summed E-state index contributed by atoms with van der Waals surface area (Å²) in [6, 6.07) is 11.1. The minimum atomic E-state index is -0.135. The van der Waals surface area contributed by atoms with Gasteiger partial charge >= 0.3 is 0 Å². The molecule has 0 saturated carbocycles. The molecular formula is C21H19BrClNO4S2. The number of carbonyl (C=O) groups excluding carboxylic acids is 1. The van der Waals surface area contributed by atoms with Gasteiger partial charge in [0.05, 0.1) is 16.5 Å². The molecule has 1 aliphatic rings. The van der Waals surface area contributed by atoms with Crippen LogP contribution in [0.15, 0.2) is 45.8 Å². The Hall–Kier alpha value is -1.74. The van der Waals surface area contributed by atoms with Crippen LogP contribution in [-0.4, -0.2) is 42.0 Å². The van der Waals surface area contributed by atoms with Crippen molar-refractivity contribution in [2.75, 3.05) is 26.9 Å². The zero-order valence-corrected chi connectivity index (χ0v) is 20.3. The molecule has 2 aromatic carbocycles. The van der Waals surface area contributed by atoms with Gasteiger partial charge in [0.2, 0.25) is 0 Å². The molecule has 5 nitrogen and oxygen atoms in total. The summed E-state index contributed by atoms with van der Waals surface area (Å²) in [4.78, 5) is 14.2. The van der Waals surface area contributed by atoms with Gasteiger partial charge in [-0.1, -0.05) is 51.5 Å². The second kappa shape index (κ2) is 10.5. The van der Waals surface area contributed by atoms with Gasteiger partial charge in [-0.15, -0.1) is 0 Å². The molecular weight excluding hydrogens is 510 g/mol. The number of hydrogen-bond donors (Lipinski definition) is 0. The summed E-state index contributed by atoms with van der Waals surface area (Å²) in [6.45, 7) is 2.97. The van der Waals surface area contributed by atoms with E-state index < -0.39 is 0 Å². The van der Waals surface area contributed by atoms with Crippen LogP contribution in [0.5, 0.6) is 17.2 Å². The highest BCUT2D eigenvalue weighted by Gasteiger charge is 2.28. The molecule has 1 fully saturated rings. The van der Waals surface area contributed by atoms with Gasteiger partial charge in [-0.2, -0.15) is 0 Å². The average molecular weight is 529 g/mol. The number of nitrogens with zero attached hydrogens (tertiary/aromatic N) is 1. The largest absolute Gasteiger partial charge is 0.490 e. The lowest BCUT2D eigenvalue weighted by Crippen LogP contribution is -2.22. The molecule has 0 bridgehead atoms. The first-order valence-corrected chi connectivity index (χ1v) is 11.5. The highest BCUT2D eigenvalue weighted by atomic mass is 79.9. The van der Waals surface area contributed by atoms with Crippen molar-refractivity contribution in [3.05, 3.63) is 56.4 Å². The third-order valence-corrected chi connectivity index (χ3v) is 6.32. The van der Waals surface area contributed by atoms with Crippen molar-refractivity contribution < 1.29 is 19.0 Å². The van der Waals surface area contributed by atoms with Crippen molar-refractivity contribution in [3.63, 3.8) is 0 Å². The van der Waals surface area contributed by atoms with Crippen molar-refractivity contribution >= 4 is 67.8 Å². The van der Waals surface area contributed by atoms with Crippen LogP contribution >= 0.6 is 51.5 Å². The second-order valence-electron chi connectivity index (χ2n) is 6.15. The van der Waals surface area contributed by atoms with E-state index in [1.807, 2.05) is 31.2 Å². The lowest BCUT2D eigenvalue weighted by molar-refractivity contribution is -0.121. The summed E-state index contributed by atoms with van der Waals surface area (Å²) >= 11 is 16.3. The molecule has 3 rings (SSSR count). The van der Waals surface area contributed by atoms with Gasteiger partial charge in [-0.3, -0.25) is 9.69 Å². The Morgan fingerprint density at radius 1 is 1.17 bits per heavy atom. The van der Waals surface area contributed by atoms with Crippen LogP contribution in [0.1, 0.15) is 12.5 Å². The van der Waals surface area contributed by atoms with E-state index in [2.05, 4.69) is 15.9 Å². The number of thiocarbonyl (C=S) groups is 1. The Morgan fingerprint density at radius 2 is 1.87 bits per heavy atom. The average Bonchev–Trinajstić information content (AvgIpc) is 2.95. The monoisotopic (exact) mass is 527 g/mol. The molecule has 0 radical (unpaired) electrons. The zero-order chi connectivity index (χ0) is 21.7. The van der Waals surface area contributed by atoms with Crippen LogP contribution < -0.4 is 14.2 Å². The van der Waals surface area contributed by atoms with Gasteiger partial charge in [0.25, 0.3) is 5.91 Å². The van der Waals surface area contributed by atoms with Crippen LogP contribution in [0.25, 0.3) is 6.08 Å². The van der Waals surface area contributed by atoms with E-state index in [9.17, 15) is 4.79 Å².